The van der Waals surface area contributed by atoms with Crippen LogP contribution < -0.4 is 18.9 Å². The summed E-state index contributed by atoms with van der Waals surface area (Å²) in [6.07, 6.45) is -0.742. The molecule has 0 saturated carbocycles. The molecule has 1 amide bonds. The van der Waals surface area contributed by atoms with Crippen LogP contribution in [0.1, 0.15) is 5.89 Å². The summed E-state index contributed by atoms with van der Waals surface area (Å²) in [5.41, 5.74) is 0.655. The van der Waals surface area contributed by atoms with Crippen LogP contribution in [0.15, 0.2) is 47.0 Å². The van der Waals surface area contributed by atoms with Gasteiger partial charge in [0.15, 0.2) is 11.5 Å². The standard InChI is InChI=1S/C21H21N3O6/c1-24(21(25)18-12-28-15-6-4-5-7-16(15)29-18)11-19-22-20(23-30-19)14-9-8-13(26-2)10-17(14)27-3/h4-10,18H,11-12H2,1-3H3/t18-/m0/s1. The maximum Gasteiger partial charge on any atom is 0.267 e. The summed E-state index contributed by atoms with van der Waals surface area (Å²) in [4.78, 5) is 18.6. The quantitative estimate of drug-likeness (QED) is 0.611. The number of aromatic nitrogens is 2. The SMILES string of the molecule is COc1ccc(-c2noc(CN(C)C(=O)[C@@H]3COc4ccccc4O3)n2)c(OC)c1. The minimum absolute atomic E-state index is 0.131. The lowest BCUT2D eigenvalue weighted by Crippen LogP contribution is -2.44. The number of carbonyl (C=O) groups excluding carboxylic acids is 1. The number of para-hydroxylation sites is 2. The highest BCUT2D eigenvalue weighted by molar-refractivity contribution is 5.81. The molecule has 2 heterocycles. The monoisotopic (exact) mass is 411 g/mol. The molecule has 0 aliphatic carbocycles. The predicted octanol–water partition coefficient (Wildman–Crippen LogP) is 2.55. The third-order valence-corrected chi connectivity index (χ3v) is 4.65. The van der Waals surface area contributed by atoms with E-state index >= 15 is 0 Å². The molecule has 1 aliphatic heterocycles. The fraction of sp³-hybridized carbons (Fsp3) is 0.286. The molecule has 0 N–H and O–H groups in total. The van der Waals surface area contributed by atoms with E-state index in [1.807, 2.05) is 12.1 Å². The summed E-state index contributed by atoms with van der Waals surface area (Å²) in [6, 6.07) is 12.5. The van der Waals surface area contributed by atoms with E-state index in [0.29, 0.717) is 34.4 Å². The van der Waals surface area contributed by atoms with Crippen LogP contribution in [0.4, 0.5) is 0 Å². The molecule has 4 rings (SSSR count). The van der Waals surface area contributed by atoms with Crippen molar-refractivity contribution in [2.45, 2.75) is 12.6 Å². The molecular weight excluding hydrogens is 390 g/mol. The fourth-order valence-electron chi connectivity index (χ4n) is 3.08. The zero-order chi connectivity index (χ0) is 21.1. The normalized spacial score (nSPS) is 14.8. The molecule has 0 fully saturated rings. The van der Waals surface area contributed by atoms with Gasteiger partial charge in [-0.05, 0) is 24.3 Å². The Bertz CT molecular complexity index is 1050. The number of fused-ring (bicyclic) bond motifs is 1. The van der Waals surface area contributed by atoms with E-state index in [-0.39, 0.29) is 24.9 Å². The van der Waals surface area contributed by atoms with Crippen LogP contribution in [0.2, 0.25) is 0 Å². The molecule has 1 aliphatic rings. The second kappa shape index (κ2) is 8.32. The zero-order valence-electron chi connectivity index (χ0n) is 16.8. The molecule has 9 nitrogen and oxygen atoms in total. The first kappa shape index (κ1) is 19.6. The molecule has 0 spiro atoms. The van der Waals surface area contributed by atoms with E-state index in [9.17, 15) is 4.79 Å². The average molecular weight is 411 g/mol. The van der Waals surface area contributed by atoms with Crippen molar-refractivity contribution in [3.8, 4) is 34.4 Å². The first-order chi connectivity index (χ1) is 14.6. The molecule has 9 heteroatoms. The number of hydrogen-bond donors (Lipinski definition) is 0. The Balaban J connectivity index is 1.44. The van der Waals surface area contributed by atoms with Crippen molar-refractivity contribution in [2.75, 3.05) is 27.9 Å². The summed E-state index contributed by atoms with van der Waals surface area (Å²) in [7, 11) is 4.77. The smallest absolute Gasteiger partial charge is 0.267 e. The topological polar surface area (TPSA) is 96.2 Å². The molecule has 30 heavy (non-hydrogen) atoms. The van der Waals surface area contributed by atoms with E-state index in [4.69, 9.17) is 23.5 Å². The first-order valence-electron chi connectivity index (χ1n) is 9.27. The summed E-state index contributed by atoms with van der Waals surface area (Å²) >= 11 is 0. The van der Waals surface area contributed by atoms with Gasteiger partial charge in [-0.15, -0.1) is 0 Å². The van der Waals surface area contributed by atoms with Gasteiger partial charge in [0.1, 0.15) is 18.1 Å². The highest BCUT2D eigenvalue weighted by atomic mass is 16.6. The first-order valence-corrected chi connectivity index (χ1v) is 9.27. The number of likely N-dealkylation sites (N-methyl/N-ethyl adjacent to an activating group) is 1. The summed E-state index contributed by atoms with van der Waals surface area (Å²) in [5, 5.41) is 4.00. The van der Waals surface area contributed by atoms with Crippen molar-refractivity contribution >= 4 is 5.91 Å². The van der Waals surface area contributed by atoms with Crippen molar-refractivity contribution in [1.29, 1.82) is 0 Å². The zero-order valence-corrected chi connectivity index (χ0v) is 16.8. The maximum absolute atomic E-state index is 12.8. The molecule has 0 bridgehead atoms. The number of carbonyl (C=O) groups is 1. The van der Waals surface area contributed by atoms with Gasteiger partial charge in [-0.25, -0.2) is 0 Å². The Morgan fingerprint density at radius 1 is 1.17 bits per heavy atom. The third kappa shape index (κ3) is 3.86. The second-order valence-corrected chi connectivity index (χ2v) is 6.64. The minimum atomic E-state index is -0.742. The highest BCUT2D eigenvalue weighted by Crippen LogP contribution is 2.32. The predicted molar refractivity (Wildman–Crippen MR) is 106 cm³/mol. The minimum Gasteiger partial charge on any atom is -0.497 e. The third-order valence-electron chi connectivity index (χ3n) is 4.65. The Morgan fingerprint density at radius 2 is 1.97 bits per heavy atom. The maximum atomic E-state index is 12.8. The Morgan fingerprint density at radius 3 is 2.73 bits per heavy atom. The number of rotatable bonds is 6. The van der Waals surface area contributed by atoms with E-state index < -0.39 is 6.10 Å². The molecule has 0 saturated heterocycles. The van der Waals surface area contributed by atoms with Crippen LogP contribution in [-0.4, -0.2) is 54.9 Å². The van der Waals surface area contributed by atoms with Crippen molar-refractivity contribution in [3.63, 3.8) is 0 Å². The van der Waals surface area contributed by atoms with Gasteiger partial charge in [-0.3, -0.25) is 4.79 Å². The summed E-state index contributed by atoms with van der Waals surface area (Å²) in [6.45, 7) is 0.268. The molecule has 0 radical (unpaired) electrons. The van der Waals surface area contributed by atoms with Gasteiger partial charge in [0, 0.05) is 13.1 Å². The van der Waals surface area contributed by atoms with Crippen molar-refractivity contribution in [3.05, 3.63) is 48.4 Å². The molecule has 0 unspecified atom stereocenters. The average Bonchev–Trinajstić information content (AvgIpc) is 3.25. The number of hydrogen-bond acceptors (Lipinski definition) is 8. The van der Waals surface area contributed by atoms with Crippen LogP contribution >= 0.6 is 0 Å². The second-order valence-electron chi connectivity index (χ2n) is 6.64. The number of benzene rings is 2. The molecule has 156 valence electrons. The van der Waals surface area contributed by atoms with Crippen LogP contribution in [0.3, 0.4) is 0 Å². The van der Waals surface area contributed by atoms with Gasteiger partial charge >= 0.3 is 0 Å². The van der Waals surface area contributed by atoms with Crippen molar-refractivity contribution < 1.29 is 28.3 Å². The lowest BCUT2D eigenvalue weighted by Gasteiger charge is -2.28. The van der Waals surface area contributed by atoms with Crippen LogP contribution in [0.25, 0.3) is 11.4 Å². The Hall–Kier alpha value is -3.75. The van der Waals surface area contributed by atoms with Gasteiger partial charge in [-0.2, -0.15) is 4.98 Å². The largest absolute Gasteiger partial charge is 0.497 e. The number of amides is 1. The van der Waals surface area contributed by atoms with Crippen molar-refractivity contribution in [2.24, 2.45) is 0 Å². The summed E-state index contributed by atoms with van der Waals surface area (Å²) in [5.74, 6) is 2.78. The molecular formula is C21H21N3O6. The number of nitrogens with zero attached hydrogens (tertiary/aromatic N) is 3. The fourth-order valence-corrected chi connectivity index (χ4v) is 3.08. The number of methoxy groups -OCH3 is 2. The summed E-state index contributed by atoms with van der Waals surface area (Å²) < 4.78 is 27.3. The van der Waals surface area contributed by atoms with Crippen molar-refractivity contribution in [1.82, 2.24) is 15.0 Å². The molecule has 1 aromatic heterocycles. The van der Waals surface area contributed by atoms with E-state index in [2.05, 4.69) is 10.1 Å². The van der Waals surface area contributed by atoms with Gasteiger partial charge in [0.2, 0.25) is 17.8 Å². The lowest BCUT2D eigenvalue weighted by atomic mass is 10.2. The molecule has 2 aromatic carbocycles. The van der Waals surface area contributed by atoms with E-state index in [1.165, 1.54) is 4.90 Å². The van der Waals surface area contributed by atoms with E-state index in [0.717, 1.165) is 0 Å². The van der Waals surface area contributed by atoms with E-state index in [1.54, 1.807) is 51.6 Å². The Labute approximate surface area is 173 Å². The van der Waals surface area contributed by atoms with Crippen LogP contribution in [0.5, 0.6) is 23.0 Å². The Kier molecular flexibility index (Phi) is 5.42. The molecule has 1 atom stereocenters. The number of ether oxygens (including phenoxy) is 4. The van der Waals surface area contributed by atoms with Crippen LogP contribution in [0, 0.1) is 0 Å². The van der Waals surface area contributed by atoms with Gasteiger partial charge < -0.3 is 28.4 Å². The highest BCUT2D eigenvalue weighted by Gasteiger charge is 2.30. The van der Waals surface area contributed by atoms with Crippen LogP contribution in [-0.2, 0) is 11.3 Å². The van der Waals surface area contributed by atoms with Gasteiger partial charge in [-0.1, -0.05) is 17.3 Å². The van der Waals surface area contributed by atoms with Gasteiger partial charge in [0.05, 0.1) is 26.3 Å². The van der Waals surface area contributed by atoms with Gasteiger partial charge in [0.25, 0.3) is 5.91 Å². The molecule has 3 aromatic rings. The lowest BCUT2D eigenvalue weighted by molar-refractivity contribution is -0.140.